The maximum Gasteiger partial charge on any atom is 0.273 e. The van der Waals surface area contributed by atoms with Crippen molar-refractivity contribution in [3.63, 3.8) is 0 Å². The van der Waals surface area contributed by atoms with Crippen molar-refractivity contribution >= 4 is 17.2 Å². The van der Waals surface area contributed by atoms with Crippen LogP contribution in [0, 0.1) is 6.92 Å². The molecule has 18 heavy (non-hydrogen) atoms. The van der Waals surface area contributed by atoms with E-state index in [4.69, 9.17) is 4.74 Å². The first-order valence-electron chi connectivity index (χ1n) is 5.98. The molecule has 1 aliphatic heterocycles. The molecule has 1 aromatic rings. The third-order valence-electron chi connectivity index (χ3n) is 3.14. The number of carbonyl (C=O) groups is 1. The summed E-state index contributed by atoms with van der Waals surface area (Å²) >= 11 is 1.45. The van der Waals surface area contributed by atoms with E-state index in [1.54, 1.807) is 17.3 Å². The Bertz CT molecular complexity index is 427. The minimum absolute atomic E-state index is 0.140. The normalized spacial score (nSPS) is 18.6. The van der Waals surface area contributed by atoms with Crippen LogP contribution in [0.3, 0.4) is 0 Å². The monoisotopic (exact) mass is 270 g/mol. The number of hydrogen-bond acceptors (Lipinski definition) is 5. The van der Waals surface area contributed by atoms with Gasteiger partial charge in [-0.05, 0) is 6.92 Å². The first kappa shape index (κ1) is 13.5. The van der Waals surface area contributed by atoms with E-state index in [9.17, 15) is 9.90 Å². The lowest BCUT2D eigenvalue weighted by molar-refractivity contribution is -0.0734. The molecule has 2 rings (SSSR count). The number of thiazole rings is 1. The molecule has 5 nitrogen and oxygen atoms in total. The quantitative estimate of drug-likeness (QED) is 0.892. The Hall–Kier alpha value is -0.980. The van der Waals surface area contributed by atoms with Crippen LogP contribution in [0.4, 0.5) is 0 Å². The predicted molar refractivity (Wildman–Crippen MR) is 68.8 cm³/mol. The van der Waals surface area contributed by atoms with Crippen LogP contribution >= 0.6 is 11.3 Å². The molecule has 0 radical (unpaired) electrons. The standard InChI is InChI=1S/C12H18N2O3S/c1-9-13-10(7-18-9)11(15)14(2)8-12(16)3-5-17-6-4-12/h7,16H,3-6,8H2,1-2H3. The number of hydrogen-bond donors (Lipinski definition) is 1. The summed E-state index contributed by atoms with van der Waals surface area (Å²) < 4.78 is 5.22. The second-order valence-electron chi connectivity index (χ2n) is 4.75. The van der Waals surface area contributed by atoms with Gasteiger partial charge < -0.3 is 14.7 Å². The molecule has 0 aromatic carbocycles. The molecule has 0 unspecified atom stereocenters. The molecule has 0 spiro atoms. The third-order valence-corrected chi connectivity index (χ3v) is 3.91. The van der Waals surface area contributed by atoms with Gasteiger partial charge in [0.2, 0.25) is 0 Å². The van der Waals surface area contributed by atoms with Crippen LogP contribution in [0.2, 0.25) is 0 Å². The van der Waals surface area contributed by atoms with Crippen molar-refractivity contribution < 1.29 is 14.6 Å². The molecule has 2 heterocycles. The Morgan fingerprint density at radius 2 is 2.28 bits per heavy atom. The summed E-state index contributed by atoms with van der Waals surface area (Å²) in [4.78, 5) is 17.8. The molecule has 1 amide bonds. The van der Waals surface area contributed by atoms with Gasteiger partial charge in [-0.3, -0.25) is 4.79 Å². The molecule has 0 saturated carbocycles. The maximum atomic E-state index is 12.1. The highest BCUT2D eigenvalue weighted by molar-refractivity contribution is 7.09. The lowest BCUT2D eigenvalue weighted by Crippen LogP contribution is -2.47. The summed E-state index contributed by atoms with van der Waals surface area (Å²) in [5.74, 6) is -0.140. The maximum absolute atomic E-state index is 12.1. The molecule has 0 atom stereocenters. The van der Waals surface area contributed by atoms with Gasteiger partial charge in [0.05, 0.1) is 10.6 Å². The van der Waals surface area contributed by atoms with Crippen LogP contribution in [0.25, 0.3) is 0 Å². The number of nitrogens with zero attached hydrogens (tertiary/aromatic N) is 2. The lowest BCUT2D eigenvalue weighted by atomic mass is 9.94. The number of carbonyl (C=O) groups excluding carboxylic acids is 1. The zero-order valence-electron chi connectivity index (χ0n) is 10.7. The fraction of sp³-hybridized carbons (Fsp3) is 0.667. The first-order chi connectivity index (χ1) is 8.50. The molecular weight excluding hydrogens is 252 g/mol. The van der Waals surface area contributed by atoms with Gasteiger partial charge in [-0.25, -0.2) is 4.98 Å². The zero-order valence-corrected chi connectivity index (χ0v) is 11.5. The SMILES string of the molecule is Cc1nc(C(=O)N(C)CC2(O)CCOCC2)cs1. The average molecular weight is 270 g/mol. The van der Waals surface area contributed by atoms with Gasteiger partial charge in [0.1, 0.15) is 5.69 Å². The Kier molecular flexibility index (Phi) is 3.99. The number of likely N-dealkylation sites (N-methyl/N-ethyl adjacent to an activating group) is 1. The van der Waals surface area contributed by atoms with Gasteiger partial charge in [0.15, 0.2) is 0 Å². The van der Waals surface area contributed by atoms with Gasteiger partial charge in [0, 0.05) is 45.0 Å². The third kappa shape index (κ3) is 3.07. The van der Waals surface area contributed by atoms with E-state index in [2.05, 4.69) is 4.98 Å². The number of ether oxygens (including phenoxy) is 1. The lowest BCUT2D eigenvalue weighted by Gasteiger charge is -2.35. The minimum atomic E-state index is -0.826. The topological polar surface area (TPSA) is 62.7 Å². The first-order valence-corrected chi connectivity index (χ1v) is 6.86. The summed E-state index contributed by atoms with van der Waals surface area (Å²) in [5.41, 5.74) is -0.371. The minimum Gasteiger partial charge on any atom is -0.388 e. The van der Waals surface area contributed by atoms with Crippen molar-refractivity contribution in [2.24, 2.45) is 0 Å². The van der Waals surface area contributed by atoms with E-state index >= 15 is 0 Å². The van der Waals surface area contributed by atoms with Crippen molar-refractivity contribution in [1.29, 1.82) is 0 Å². The fourth-order valence-electron chi connectivity index (χ4n) is 2.08. The number of amides is 1. The molecule has 1 aromatic heterocycles. The Labute approximate surface area is 110 Å². The van der Waals surface area contributed by atoms with Gasteiger partial charge in [0.25, 0.3) is 5.91 Å². The van der Waals surface area contributed by atoms with Crippen molar-refractivity contribution in [2.75, 3.05) is 26.8 Å². The Morgan fingerprint density at radius 3 is 2.83 bits per heavy atom. The largest absolute Gasteiger partial charge is 0.388 e. The summed E-state index contributed by atoms with van der Waals surface area (Å²) in [5, 5.41) is 13.0. The zero-order chi connectivity index (χ0) is 13.2. The van der Waals surface area contributed by atoms with Crippen LogP contribution in [0.1, 0.15) is 28.3 Å². The van der Waals surface area contributed by atoms with Crippen molar-refractivity contribution in [3.8, 4) is 0 Å². The summed E-state index contributed by atoms with van der Waals surface area (Å²) in [6, 6.07) is 0. The van der Waals surface area contributed by atoms with Crippen LogP contribution in [-0.4, -0.2) is 53.3 Å². The van der Waals surface area contributed by atoms with E-state index in [1.165, 1.54) is 11.3 Å². The van der Waals surface area contributed by atoms with Gasteiger partial charge in [-0.1, -0.05) is 0 Å². The van der Waals surface area contributed by atoms with Gasteiger partial charge in [-0.15, -0.1) is 11.3 Å². The Morgan fingerprint density at radius 1 is 1.61 bits per heavy atom. The Balaban J connectivity index is 1.98. The highest BCUT2D eigenvalue weighted by Crippen LogP contribution is 2.22. The van der Waals surface area contributed by atoms with Crippen LogP contribution < -0.4 is 0 Å². The molecule has 6 heteroatoms. The molecule has 1 fully saturated rings. The fourth-order valence-corrected chi connectivity index (χ4v) is 2.67. The number of aliphatic hydroxyl groups is 1. The highest BCUT2D eigenvalue weighted by atomic mass is 32.1. The molecule has 1 saturated heterocycles. The molecule has 0 bridgehead atoms. The number of aryl methyl sites for hydroxylation is 1. The molecule has 1 N–H and O–H groups in total. The van der Waals surface area contributed by atoms with E-state index in [-0.39, 0.29) is 5.91 Å². The van der Waals surface area contributed by atoms with E-state index in [1.807, 2.05) is 6.92 Å². The second-order valence-corrected chi connectivity index (χ2v) is 5.81. The van der Waals surface area contributed by atoms with Crippen LogP contribution in [0.15, 0.2) is 5.38 Å². The smallest absolute Gasteiger partial charge is 0.273 e. The van der Waals surface area contributed by atoms with Gasteiger partial charge >= 0.3 is 0 Å². The molecule has 0 aliphatic carbocycles. The van der Waals surface area contributed by atoms with Crippen LogP contribution in [0.5, 0.6) is 0 Å². The predicted octanol–water partition coefficient (Wildman–Crippen LogP) is 1.07. The summed E-state index contributed by atoms with van der Waals surface area (Å²) in [6.07, 6.45) is 1.14. The number of rotatable bonds is 3. The van der Waals surface area contributed by atoms with E-state index in [0.29, 0.717) is 38.3 Å². The highest BCUT2D eigenvalue weighted by Gasteiger charge is 2.32. The average Bonchev–Trinajstić information content (AvgIpc) is 2.75. The number of aromatic nitrogens is 1. The van der Waals surface area contributed by atoms with Crippen LogP contribution in [-0.2, 0) is 4.74 Å². The second kappa shape index (κ2) is 5.34. The van der Waals surface area contributed by atoms with Gasteiger partial charge in [-0.2, -0.15) is 0 Å². The van der Waals surface area contributed by atoms with Crippen molar-refractivity contribution in [2.45, 2.75) is 25.4 Å². The molecule has 1 aliphatic rings. The van der Waals surface area contributed by atoms with Crippen molar-refractivity contribution in [1.82, 2.24) is 9.88 Å². The summed E-state index contributed by atoms with van der Waals surface area (Å²) in [7, 11) is 1.70. The van der Waals surface area contributed by atoms with E-state index in [0.717, 1.165) is 5.01 Å². The molecular formula is C12H18N2O3S. The van der Waals surface area contributed by atoms with E-state index < -0.39 is 5.60 Å². The summed E-state index contributed by atoms with van der Waals surface area (Å²) in [6.45, 7) is 3.29. The molecule has 100 valence electrons. The van der Waals surface area contributed by atoms with Crippen molar-refractivity contribution in [3.05, 3.63) is 16.1 Å².